The zero-order chi connectivity index (χ0) is 11.9. The van der Waals surface area contributed by atoms with Gasteiger partial charge >= 0.3 is 0 Å². The molecule has 1 aliphatic carbocycles. The molecule has 1 fully saturated rings. The van der Waals surface area contributed by atoms with Gasteiger partial charge < -0.3 is 9.47 Å². The minimum atomic E-state index is -0.461. The van der Waals surface area contributed by atoms with Gasteiger partial charge in [-0.1, -0.05) is 17.7 Å². The molecule has 0 amide bonds. The first-order valence-corrected chi connectivity index (χ1v) is 5.82. The lowest BCUT2D eigenvalue weighted by Gasteiger charge is -2.23. The second-order valence-corrected chi connectivity index (χ2v) is 4.59. The summed E-state index contributed by atoms with van der Waals surface area (Å²) in [6.45, 7) is 0.974. The van der Waals surface area contributed by atoms with Gasteiger partial charge in [0.05, 0.1) is 5.02 Å². The summed E-state index contributed by atoms with van der Waals surface area (Å²) < 4.78 is 11.1. The Bertz CT molecular complexity index is 519. The molecule has 1 aromatic rings. The summed E-state index contributed by atoms with van der Waals surface area (Å²) in [6, 6.07) is 3.61. The molecular formula is C12H10ClNO3. The van der Waals surface area contributed by atoms with E-state index in [1.54, 1.807) is 12.1 Å². The average molecular weight is 252 g/mol. The molecule has 0 bridgehead atoms. The van der Waals surface area contributed by atoms with Crippen LogP contribution in [0, 0.1) is 0 Å². The second-order valence-electron chi connectivity index (χ2n) is 4.18. The Hall–Kier alpha value is -1.51. The van der Waals surface area contributed by atoms with E-state index in [0.29, 0.717) is 29.7 Å². The predicted octanol–water partition coefficient (Wildman–Crippen LogP) is 2.44. The van der Waals surface area contributed by atoms with Gasteiger partial charge in [-0.15, -0.1) is 0 Å². The fraction of sp³-hybridized carbons (Fsp3) is 0.417. The fourth-order valence-corrected chi connectivity index (χ4v) is 2.32. The molecule has 0 unspecified atom stereocenters. The second kappa shape index (κ2) is 3.76. The van der Waals surface area contributed by atoms with Crippen LogP contribution in [0.15, 0.2) is 17.1 Å². The largest absolute Gasteiger partial charge is 0.486 e. The van der Waals surface area contributed by atoms with Gasteiger partial charge in [0.25, 0.3) is 0 Å². The van der Waals surface area contributed by atoms with Crippen LogP contribution >= 0.6 is 11.6 Å². The van der Waals surface area contributed by atoms with E-state index in [1.807, 2.05) is 6.07 Å². The number of isocyanates is 1. The van der Waals surface area contributed by atoms with Crippen LogP contribution in [-0.2, 0) is 10.3 Å². The standard InChI is InChI=1S/C12H10ClNO3/c13-9-2-1-8(12(3-4-12)14-7-15)10-11(9)17-6-5-16-10/h1-2H,3-6H2. The van der Waals surface area contributed by atoms with Crippen LogP contribution in [0.2, 0.25) is 5.02 Å². The first-order valence-electron chi connectivity index (χ1n) is 5.44. The molecule has 1 heterocycles. The van der Waals surface area contributed by atoms with Gasteiger partial charge in [0.1, 0.15) is 18.8 Å². The van der Waals surface area contributed by atoms with Crippen molar-refractivity contribution in [1.29, 1.82) is 0 Å². The van der Waals surface area contributed by atoms with E-state index in [4.69, 9.17) is 21.1 Å². The Morgan fingerprint density at radius 1 is 1.24 bits per heavy atom. The number of nitrogens with zero attached hydrogens (tertiary/aromatic N) is 1. The maximum Gasteiger partial charge on any atom is 0.235 e. The van der Waals surface area contributed by atoms with Gasteiger partial charge in [0, 0.05) is 5.56 Å². The lowest BCUT2D eigenvalue weighted by Crippen LogP contribution is -2.18. The quantitative estimate of drug-likeness (QED) is 0.599. The van der Waals surface area contributed by atoms with Gasteiger partial charge in [0.15, 0.2) is 11.5 Å². The summed E-state index contributed by atoms with van der Waals surface area (Å²) in [5.74, 6) is 1.18. The molecule has 0 spiro atoms. The van der Waals surface area contributed by atoms with Crippen molar-refractivity contribution >= 4 is 17.7 Å². The maximum atomic E-state index is 10.5. The number of hydrogen-bond acceptors (Lipinski definition) is 4. The molecule has 1 aliphatic heterocycles. The molecule has 2 aliphatic rings. The topological polar surface area (TPSA) is 47.9 Å². The first-order chi connectivity index (χ1) is 8.27. The van der Waals surface area contributed by atoms with Gasteiger partial charge in [-0.3, -0.25) is 0 Å². The Morgan fingerprint density at radius 3 is 2.59 bits per heavy atom. The number of hydrogen-bond donors (Lipinski definition) is 0. The molecule has 0 aromatic heterocycles. The third-order valence-electron chi connectivity index (χ3n) is 3.12. The average Bonchev–Trinajstić information content (AvgIpc) is 3.11. The van der Waals surface area contributed by atoms with Crippen LogP contribution in [0.25, 0.3) is 0 Å². The van der Waals surface area contributed by atoms with E-state index < -0.39 is 5.54 Å². The van der Waals surface area contributed by atoms with Crippen molar-refractivity contribution in [3.63, 3.8) is 0 Å². The van der Waals surface area contributed by atoms with Crippen molar-refractivity contribution in [3.8, 4) is 11.5 Å². The molecular weight excluding hydrogens is 242 g/mol. The number of carbonyl (C=O) groups excluding carboxylic acids is 1. The Balaban J connectivity index is 2.15. The minimum absolute atomic E-state index is 0.461. The Morgan fingerprint density at radius 2 is 1.94 bits per heavy atom. The summed E-state index contributed by atoms with van der Waals surface area (Å²) in [4.78, 5) is 14.4. The number of benzene rings is 1. The molecule has 0 saturated heterocycles. The third kappa shape index (κ3) is 1.61. The number of aliphatic imine (C=N–C) groups is 1. The van der Waals surface area contributed by atoms with E-state index in [9.17, 15) is 4.79 Å². The van der Waals surface area contributed by atoms with Crippen molar-refractivity contribution in [2.45, 2.75) is 18.4 Å². The highest BCUT2D eigenvalue weighted by molar-refractivity contribution is 6.32. The summed E-state index contributed by atoms with van der Waals surface area (Å²) in [6.07, 6.45) is 3.30. The molecule has 0 atom stereocenters. The van der Waals surface area contributed by atoms with Gasteiger partial charge in [-0.05, 0) is 18.9 Å². The van der Waals surface area contributed by atoms with Crippen molar-refractivity contribution in [3.05, 3.63) is 22.7 Å². The van der Waals surface area contributed by atoms with E-state index >= 15 is 0 Å². The van der Waals surface area contributed by atoms with E-state index in [2.05, 4.69) is 4.99 Å². The zero-order valence-electron chi connectivity index (χ0n) is 9.03. The predicted molar refractivity (Wildman–Crippen MR) is 61.5 cm³/mol. The zero-order valence-corrected chi connectivity index (χ0v) is 9.79. The molecule has 0 radical (unpaired) electrons. The van der Waals surface area contributed by atoms with Crippen LogP contribution in [0.1, 0.15) is 18.4 Å². The van der Waals surface area contributed by atoms with Crippen molar-refractivity contribution < 1.29 is 14.3 Å². The normalized spacial score (nSPS) is 19.4. The number of halogens is 1. The SMILES string of the molecule is O=C=NC1(c2ccc(Cl)c3c2OCCO3)CC1. The Labute approximate surface area is 103 Å². The van der Waals surface area contributed by atoms with E-state index in [-0.39, 0.29) is 0 Å². The molecule has 4 nitrogen and oxygen atoms in total. The molecule has 5 heteroatoms. The van der Waals surface area contributed by atoms with Crippen LogP contribution in [-0.4, -0.2) is 19.3 Å². The minimum Gasteiger partial charge on any atom is -0.486 e. The van der Waals surface area contributed by atoms with E-state index in [1.165, 1.54) is 0 Å². The van der Waals surface area contributed by atoms with Crippen LogP contribution in [0.3, 0.4) is 0 Å². The monoisotopic (exact) mass is 251 g/mol. The molecule has 1 aromatic carbocycles. The summed E-state index contributed by atoms with van der Waals surface area (Å²) in [7, 11) is 0. The number of rotatable bonds is 2. The van der Waals surface area contributed by atoms with E-state index in [0.717, 1.165) is 18.4 Å². The highest BCUT2D eigenvalue weighted by Crippen LogP contribution is 2.55. The summed E-state index contributed by atoms with van der Waals surface area (Å²) >= 11 is 6.05. The lowest BCUT2D eigenvalue weighted by molar-refractivity contribution is 0.169. The van der Waals surface area contributed by atoms with Crippen LogP contribution in [0.4, 0.5) is 0 Å². The highest BCUT2D eigenvalue weighted by atomic mass is 35.5. The smallest absolute Gasteiger partial charge is 0.235 e. The molecule has 1 saturated carbocycles. The van der Waals surface area contributed by atoms with Crippen molar-refractivity contribution in [1.82, 2.24) is 0 Å². The molecule has 0 N–H and O–H groups in total. The van der Waals surface area contributed by atoms with Gasteiger partial charge in [-0.25, -0.2) is 4.79 Å². The fourth-order valence-electron chi connectivity index (χ4n) is 2.12. The van der Waals surface area contributed by atoms with Crippen molar-refractivity contribution in [2.75, 3.05) is 13.2 Å². The maximum absolute atomic E-state index is 10.5. The first kappa shape index (κ1) is 10.6. The van der Waals surface area contributed by atoms with Crippen LogP contribution < -0.4 is 9.47 Å². The summed E-state index contributed by atoms with van der Waals surface area (Å²) in [5.41, 5.74) is 0.414. The third-order valence-corrected chi connectivity index (χ3v) is 3.42. The van der Waals surface area contributed by atoms with Crippen LogP contribution in [0.5, 0.6) is 11.5 Å². The van der Waals surface area contributed by atoms with Gasteiger partial charge in [-0.2, -0.15) is 4.99 Å². The number of ether oxygens (including phenoxy) is 2. The van der Waals surface area contributed by atoms with Crippen molar-refractivity contribution in [2.24, 2.45) is 4.99 Å². The molecule has 17 heavy (non-hydrogen) atoms. The van der Waals surface area contributed by atoms with Gasteiger partial charge in [0.2, 0.25) is 6.08 Å². The number of fused-ring (bicyclic) bond motifs is 1. The Kier molecular flexibility index (Phi) is 2.35. The lowest BCUT2D eigenvalue weighted by atomic mass is 10.0. The molecule has 3 rings (SSSR count). The summed E-state index contributed by atoms with van der Waals surface area (Å²) in [5, 5.41) is 0.523. The molecule has 88 valence electrons. The highest BCUT2D eigenvalue weighted by Gasteiger charge is 2.48.